The fourth-order valence-corrected chi connectivity index (χ4v) is 6.08. The van der Waals surface area contributed by atoms with Gasteiger partial charge in [0.1, 0.15) is 0 Å². The van der Waals surface area contributed by atoms with Crippen LogP contribution in [0.25, 0.3) is 0 Å². The first kappa shape index (κ1) is 16.4. The second-order valence-corrected chi connectivity index (χ2v) is 14.6. The van der Waals surface area contributed by atoms with Crippen LogP contribution in [0.2, 0.25) is 18.1 Å². The van der Waals surface area contributed by atoms with Gasteiger partial charge in [-0.2, -0.15) is 0 Å². The molecule has 2 nitrogen and oxygen atoms in total. The zero-order valence-electron chi connectivity index (χ0n) is 15.4. The van der Waals surface area contributed by atoms with Crippen LogP contribution in [0.3, 0.4) is 0 Å². The van der Waals surface area contributed by atoms with E-state index in [9.17, 15) is 4.79 Å². The first-order valence-electron chi connectivity index (χ1n) is 8.81. The molecule has 3 aliphatic carbocycles. The molecule has 0 N–H and O–H groups in total. The molecule has 0 spiro atoms. The third-order valence-corrected chi connectivity index (χ3v) is 12.3. The molecule has 2 saturated carbocycles. The molecule has 2 fully saturated rings. The molecular formula is C19H32O2Si. The molecule has 4 unspecified atom stereocenters. The van der Waals surface area contributed by atoms with Crippen LogP contribution in [-0.2, 0) is 9.22 Å². The van der Waals surface area contributed by atoms with E-state index in [1.54, 1.807) is 0 Å². The molecule has 0 radical (unpaired) electrons. The van der Waals surface area contributed by atoms with Crippen LogP contribution in [-0.4, -0.2) is 20.7 Å². The second kappa shape index (κ2) is 4.57. The summed E-state index contributed by atoms with van der Waals surface area (Å²) >= 11 is 0. The number of rotatable bonds is 3. The quantitative estimate of drug-likeness (QED) is 0.687. The van der Waals surface area contributed by atoms with Crippen LogP contribution < -0.4 is 0 Å². The zero-order valence-corrected chi connectivity index (χ0v) is 16.4. The van der Waals surface area contributed by atoms with Gasteiger partial charge in [0.15, 0.2) is 14.1 Å². The van der Waals surface area contributed by atoms with Crippen LogP contribution >= 0.6 is 0 Å². The molecule has 0 aromatic carbocycles. The van der Waals surface area contributed by atoms with Crippen molar-refractivity contribution in [2.24, 2.45) is 22.7 Å². The van der Waals surface area contributed by atoms with Gasteiger partial charge >= 0.3 is 0 Å². The van der Waals surface area contributed by atoms with Gasteiger partial charge in [0.2, 0.25) is 0 Å². The summed E-state index contributed by atoms with van der Waals surface area (Å²) in [5.41, 5.74) is 1.84. The normalized spacial score (nSPS) is 41.0. The average molecular weight is 321 g/mol. The Balaban J connectivity index is 1.86. The van der Waals surface area contributed by atoms with Crippen molar-refractivity contribution in [2.75, 3.05) is 6.61 Å². The van der Waals surface area contributed by atoms with Gasteiger partial charge in [0.05, 0.1) is 0 Å². The number of carbonyl (C=O) groups is 1. The van der Waals surface area contributed by atoms with Gasteiger partial charge in [-0.1, -0.05) is 40.2 Å². The summed E-state index contributed by atoms with van der Waals surface area (Å²) in [5.74, 6) is 1.50. The van der Waals surface area contributed by atoms with E-state index >= 15 is 0 Å². The number of allylic oxidation sites excluding steroid dienone is 2. The molecule has 0 amide bonds. The van der Waals surface area contributed by atoms with Gasteiger partial charge < -0.3 is 4.43 Å². The Hall–Kier alpha value is -0.413. The molecule has 0 aliphatic heterocycles. The van der Waals surface area contributed by atoms with E-state index < -0.39 is 8.32 Å². The highest BCUT2D eigenvalue weighted by molar-refractivity contribution is 6.74. The van der Waals surface area contributed by atoms with Crippen LogP contribution in [0.5, 0.6) is 0 Å². The molecule has 4 atom stereocenters. The van der Waals surface area contributed by atoms with Crippen molar-refractivity contribution < 1.29 is 9.22 Å². The molecule has 2 bridgehead atoms. The summed E-state index contributed by atoms with van der Waals surface area (Å²) in [7, 11) is -1.72. The lowest BCUT2D eigenvalue weighted by Gasteiger charge is -2.43. The summed E-state index contributed by atoms with van der Waals surface area (Å²) in [4.78, 5) is 11.9. The van der Waals surface area contributed by atoms with E-state index in [4.69, 9.17) is 4.43 Å². The Morgan fingerprint density at radius 3 is 2.50 bits per heavy atom. The topological polar surface area (TPSA) is 26.3 Å². The highest BCUT2D eigenvalue weighted by atomic mass is 28.4. The molecule has 0 aromatic rings. The van der Waals surface area contributed by atoms with Crippen molar-refractivity contribution in [3.05, 3.63) is 11.6 Å². The van der Waals surface area contributed by atoms with Crippen molar-refractivity contribution in [1.82, 2.24) is 0 Å². The molecular weight excluding hydrogens is 288 g/mol. The predicted molar refractivity (Wildman–Crippen MR) is 93.3 cm³/mol. The molecule has 22 heavy (non-hydrogen) atoms. The van der Waals surface area contributed by atoms with E-state index in [1.807, 2.05) is 6.08 Å². The molecule has 0 saturated heterocycles. The van der Waals surface area contributed by atoms with E-state index in [-0.39, 0.29) is 15.9 Å². The average Bonchev–Trinajstić information content (AvgIpc) is 2.92. The van der Waals surface area contributed by atoms with Crippen LogP contribution in [0.15, 0.2) is 11.6 Å². The molecule has 0 heterocycles. The Kier molecular flexibility index (Phi) is 3.41. The first-order chi connectivity index (χ1) is 9.92. The largest absolute Gasteiger partial charge is 0.416 e. The molecule has 3 rings (SSSR count). The lowest BCUT2D eigenvalue weighted by Crippen LogP contribution is -2.46. The fraction of sp³-hybridized carbons (Fsp3) is 0.842. The van der Waals surface area contributed by atoms with E-state index in [0.717, 1.165) is 13.0 Å². The second-order valence-electron chi connectivity index (χ2n) is 9.82. The maximum Gasteiger partial charge on any atom is 0.192 e. The Labute approximate surface area is 136 Å². The number of hydrogen-bond acceptors (Lipinski definition) is 2. The van der Waals surface area contributed by atoms with Crippen LogP contribution in [0.1, 0.15) is 53.9 Å². The number of ketones is 1. The number of hydrogen-bond donors (Lipinski definition) is 0. The summed E-state index contributed by atoms with van der Waals surface area (Å²) in [6, 6.07) is 0. The SMILES string of the molecule is CC12CCC(C3CC(=O)C=C31)C2(C)CO[Si](C)(C)C(C)(C)C. The predicted octanol–water partition coefficient (Wildman–Crippen LogP) is 4.96. The van der Waals surface area contributed by atoms with Gasteiger partial charge in [0, 0.05) is 18.4 Å². The molecule has 3 aliphatic rings. The summed E-state index contributed by atoms with van der Waals surface area (Å²) in [5, 5.41) is 0.257. The van der Waals surface area contributed by atoms with Crippen LogP contribution in [0, 0.1) is 22.7 Å². The van der Waals surface area contributed by atoms with E-state index in [0.29, 0.717) is 17.6 Å². The Morgan fingerprint density at radius 2 is 1.95 bits per heavy atom. The molecule has 3 heteroatoms. The lowest BCUT2D eigenvalue weighted by atomic mass is 9.68. The summed E-state index contributed by atoms with van der Waals surface area (Å²) < 4.78 is 6.65. The highest BCUT2D eigenvalue weighted by Crippen LogP contribution is 2.72. The van der Waals surface area contributed by atoms with Crippen molar-refractivity contribution in [3.8, 4) is 0 Å². The third-order valence-electron chi connectivity index (χ3n) is 7.83. The third kappa shape index (κ3) is 1.97. The summed E-state index contributed by atoms with van der Waals surface area (Å²) in [6.45, 7) is 17.3. The lowest BCUT2D eigenvalue weighted by molar-refractivity contribution is -0.114. The van der Waals surface area contributed by atoms with E-state index in [2.05, 4.69) is 47.7 Å². The number of carbonyl (C=O) groups excluding carboxylic acids is 1. The van der Waals surface area contributed by atoms with Gasteiger partial charge in [-0.15, -0.1) is 0 Å². The minimum Gasteiger partial charge on any atom is -0.416 e. The minimum atomic E-state index is -1.72. The fourth-order valence-electron chi connectivity index (χ4n) is 4.98. The van der Waals surface area contributed by atoms with Crippen molar-refractivity contribution in [1.29, 1.82) is 0 Å². The smallest absolute Gasteiger partial charge is 0.192 e. The van der Waals surface area contributed by atoms with Gasteiger partial charge in [-0.05, 0) is 54.3 Å². The number of fused-ring (bicyclic) bond motifs is 5. The highest BCUT2D eigenvalue weighted by Gasteiger charge is 2.67. The standard InChI is InChI=1S/C19H32O2Si/c1-17(2,3)22(6,7)21-12-19(5)15-8-9-18(19,4)16-11-13(20)10-14(15)16/h11,14-15H,8-10,12H2,1-7H3. The monoisotopic (exact) mass is 320 g/mol. The molecule has 0 aromatic heterocycles. The minimum absolute atomic E-state index is 0.177. The summed E-state index contributed by atoms with van der Waals surface area (Å²) in [6.07, 6.45) is 5.23. The van der Waals surface area contributed by atoms with Gasteiger partial charge in [-0.25, -0.2) is 0 Å². The Morgan fingerprint density at radius 1 is 1.32 bits per heavy atom. The Bertz CT molecular complexity index is 542. The van der Waals surface area contributed by atoms with Gasteiger partial charge in [0.25, 0.3) is 0 Å². The van der Waals surface area contributed by atoms with Crippen molar-refractivity contribution >= 4 is 14.1 Å². The van der Waals surface area contributed by atoms with Gasteiger partial charge in [-0.3, -0.25) is 4.79 Å². The maximum atomic E-state index is 11.9. The first-order valence-corrected chi connectivity index (χ1v) is 11.7. The molecule has 124 valence electrons. The van der Waals surface area contributed by atoms with Crippen molar-refractivity contribution in [2.45, 2.75) is 72.0 Å². The van der Waals surface area contributed by atoms with Crippen molar-refractivity contribution in [3.63, 3.8) is 0 Å². The van der Waals surface area contributed by atoms with E-state index in [1.165, 1.54) is 18.4 Å². The maximum absolute atomic E-state index is 11.9. The zero-order chi connectivity index (χ0) is 16.6. The van der Waals surface area contributed by atoms with Crippen LogP contribution in [0.4, 0.5) is 0 Å².